The van der Waals surface area contributed by atoms with Gasteiger partial charge in [-0.3, -0.25) is 0 Å². The van der Waals surface area contributed by atoms with Crippen LogP contribution in [0.25, 0.3) is 11.5 Å². The van der Waals surface area contributed by atoms with E-state index in [0.717, 1.165) is 29.2 Å². The van der Waals surface area contributed by atoms with Crippen LogP contribution in [0, 0.1) is 0 Å². The van der Waals surface area contributed by atoms with Gasteiger partial charge in [-0.05, 0) is 30.3 Å². The third-order valence-corrected chi connectivity index (χ3v) is 3.69. The van der Waals surface area contributed by atoms with Gasteiger partial charge in [0.25, 0.3) is 0 Å². The Morgan fingerprint density at radius 3 is 2.75 bits per heavy atom. The number of benzene rings is 2. The van der Waals surface area contributed by atoms with Gasteiger partial charge < -0.3 is 14.1 Å². The second-order valence-electron chi connectivity index (χ2n) is 5.38. The topological polar surface area (TPSA) is 38.5 Å². The fourth-order valence-electron chi connectivity index (χ4n) is 2.52. The van der Waals surface area contributed by atoms with Crippen molar-refractivity contribution in [3.8, 4) is 17.2 Å². The summed E-state index contributed by atoms with van der Waals surface area (Å²) < 4.78 is 10.9. The van der Waals surface area contributed by atoms with E-state index in [1.807, 2.05) is 48.5 Å². The largest absolute Gasteiger partial charge is 0.497 e. The van der Waals surface area contributed by atoms with Crippen LogP contribution in [0.4, 0.5) is 5.69 Å². The van der Waals surface area contributed by atoms with Crippen molar-refractivity contribution in [2.75, 3.05) is 18.6 Å². The molecule has 0 spiro atoms. The number of hydrogen-bond donors (Lipinski definition) is 0. The zero-order valence-corrected chi connectivity index (χ0v) is 13.7. The monoisotopic (exact) mass is 320 g/mol. The molecule has 24 heavy (non-hydrogen) atoms. The van der Waals surface area contributed by atoms with Crippen molar-refractivity contribution >= 4 is 5.69 Å². The van der Waals surface area contributed by atoms with Crippen LogP contribution < -0.4 is 9.64 Å². The number of ether oxygens (including phenoxy) is 1. The summed E-state index contributed by atoms with van der Waals surface area (Å²) in [6.07, 6.45) is 3.59. The van der Waals surface area contributed by atoms with Gasteiger partial charge in [-0.1, -0.05) is 30.3 Å². The average Bonchev–Trinajstić information content (AvgIpc) is 3.11. The maximum atomic E-state index is 5.65. The Hall–Kier alpha value is -3.01. The molecule has 0 unspecified atom stereocenters. The summed E-state index contributed by atoms with van der Waals surface area (Å²) in [5.41, 5.74) is 2.90. The number of methoxy groups -OCH3 is 1. The fraction of sp³-hybridized carbons (Fsp3) is 0.150. The third-order valence-electron chi connectivity index (χ3n) is 3.69. The molecule has 0 radical (unpaired) electrons. The van der Waals surface area contributed by atoms with Gasteiger partial charge in [0.2, 0.25) is 5.89 Å². The molecule has 0 fully saturated rings. The summed E-state index contributed by atoms with van der Waals surface area (Å²) in [4.78, 5) is 6.80. The molecule has 2 aromatic carbocycles. The second-order valence-corrected chi connectivity index (χ2v) is 5.38. The number of nitrogens with zero attached hydrogens (tertiary/aromatic N) is 2. The molecule has 1 aromatic heterocycles. The highest BCUT2D eigenvalue weighted by Crippen LogP contribution is 2.24. The molecule has 0 bridgehead atoms. The van der Waals surface area contributed by atoms with E-state index in [1.54, 1.807) is 13.4 Å². The van der Waals surface area contributed by atoms with E-state index in [-0.39, 0.29) is 0 Å². The molecule has 0 saturated heterocycles. The average molecular weight is 320 g/mol. The summed E-state index contributed by atoms with van der Waals surface area (Å²) in [5.74, 6) is 1.38. The molecule has 0 saturated carbocycles. The van der Waals surface area contributed by atoms with Crippen molar-refractivity contribution < 1.29 is 9.15 Å². The quantitative estimate of drug-likeness (QED) is 0.599. The van der Waals surface area contributed by atoms with Crippen LogP contribution in [0.15, 0.2) is 77.9 Å². The van der Waals surface area contributed by atoms with E-state index in [4.69, 9.17) is 9.15 Å². The predicted molar refractivity (Wildman–Crippen MR) is 96.2 cm³/mol. The van der Waals surface area contributed by atoms with Gasteiger partial charge in [0, 0.05) is 17.8 Å². The Morgan fingerprint density at radius 2 is 2.00 bits per heavy atom. The first-order valence-corrected chi connectivity index (χ1v) is 7.80. The zero-order chi connectivity index (χ0) is 16.8. The van der Waals surface area contributed by atoms with E-state index in [0.29, 0.717) is 12.4 Å². The standard InChI is InChI=1S/C20H20N2O2/c1-3-12-22(18-9-5-4-6-10-18)14-17-15-24-20(21-17)16-8-7-11-19(13-16)23-2/h3-11,13,15H,1,12,14H2,2H3. The molecule has 0 amide bonds. The first-order chi connectivity index (χ1) is 11.8. The number of oxazole rings is 1. The number of rotatable bonds is 7. The first-order valence-electron chi connectivity index (χ1n) is 7.80. The minimum atomic E-state index is 0.593. The number of anilines is 1. The molecule has 122 valence electrons. The molecular formula is C20H20N2O2. The van der Waals surface area contributed by atoms with E-state index in [9.17, 15) is 0 Å². The highest BCUT2D eigenvalue weighted by molar-refractivity contribution is 5.56. The number of hydrogen-bond acceptors (Lipinski definition) is 4. The van der Waals surface area contributed by atoms with Crippen LogP contribution in [0.3, 0.4) is 0 Å². The summed E-state index contributed by atoms with van der Waals surface area (Å²) in [6.45, 7) is 5.24. The van der Waals surface area contributed by atoms with Gasteiger partial charge in [-0.2, -0.15) is 0 Å². The summed E-state index contributed by atoms with van der Waals surface area (Å²) in [5, 5.41) is 0. The number of para-hydroxylation sites is 1. The van der Waals surface area contributed by atoms with Crippen LogP contribution in [0.1, 0.15) is 5.69 Å². The molecule has 1 heterocycles. The second kappa shape index (κ2) is 7.51. The van der Waals surface area contributed by atoms with Crippen molar-refractivity contribution in [2.24, 2.45) is 0 Å². The van der Waals surface area contributed by atoms with Crippen molar-refractivity contribution in [3.63, 3.8) is 0 Å². The van der Waals surface area contributed by atoms with Crippen molar-refractivity contribution in [1.29, 1.82) is 0 Å². The van der Waals surface area contributed by atoms with Crippen molar-refractivity contribution in [1.82, 2.24) is 4.98 Å². The van der Waals surface area contributed by atoms with Crippen molar-refractivity contribution in [3.05, 3.63) is 79.2 Å². The van der Waals surface area contributed by atoms with E-state index >= 15 is 0 Å². The minimum Gasteiger partial charge on any atom is -0.497 e. The van der Waals surface area contributed by atoms with Gasteiger partial charge in [-0.25, -0.2) is 4.98 Å². The number of aromatic nitrogens is 1. The molecule has 0 N–H and O–H groups in total. The van der Waals surface area contributed by atoms with Crippen LogP contribution in [0.5, 0.6) is 5.75 Å². The van der Waals surface area contributed by atoms with Crippen LogP contribution in [0.2, 0.25) is 0 Å². The Balaban J connectivity index is 1.80. The molecule has 3 rings (SSSR count). The lowest BCUT2D eigenvalue weighted by Crippen LogP contribution is -2.22. The summed E-state index contributed by atoms with van der Waals surface area (Å²) in [6, 6.07) is 17.9. The van der Waals surface area contributed by atoms with Gasteiger partial charge in [0.1, 0.15) is 12.0 Å². The first kappa shape index (κ1) is 15.9. The minimum absolute atomic E-state index is 0.593. The predicted octanol–water partition coefficient (Wildman–Crippen LogP) is 4.54. The molecular weight excluding hydrogens is 300 g/mol. The van der Waals surface area contributed by atoms with E-state index in [1.165, 1.54) is 0 Å². The van der Waals surface area contributed by atoms with Crippen molar-refractivity contribution in [2.45, 2.75) is 6.54 Å². The zero-order valence-electron chi connectivity index (χ0n) is 13.7. The Labute approximate surface area is 142 Å². The maximum absolute atomic E-state index is 5.65. The summed E-state index contributed by atoms with van der Waals surface area (Å²) >= 11 is 0. The molecule has 0 aliphatic rings. The van der Waals surface area contributed by atoms with Gasteiger partial charge in [0.15, 0.2) is 0 Å². The van der Waals surface area contributed by atoms with E-state index < -0.39 is 0 Å². The van der Waals surface area contributed by atoms with Crippen LogP contribution >= 0.6 is 0 Å². The third kappa shape index (κ3) is 3.66. The van der Waals surface area contributed by atoms with Gasteiger partial charge >= 0.3 is 0 Å². The Bertz CT molecular complexity index is 796. The molecule has 4 heteroatoms. The summed E-state index contributed by atoms with van der Waals surface area (Å²) in [7, 11) is 1.65. The Kier molecular flexibility index (Phi) is 4.96. The Morgan fingerprint density at radius 1 is 1.17 bits per heavy atom. The molecule has 0 aliphatic carbocycles. The molecule has 3 aromatic rings. The molecule has 4 nitrogen and oxygen atoms in total. The highest BCUT2D eigenvalue weighted by Gasteiger charge is 2.11. The lowest BCUT2D eigenvalue weighted by Gasteiger charge is -2.21. The lowest BCUT2D eigenvalue weighted by atomic mass is 10.2. The lowest BCUT2D eigenvalue weighted by molar-refractivity contribution is 0.414. The van der Waals surface area contributed by atoms with Gasteiger partial charge in [-0.15, -0.1) is 6.58 Å². The SMILES string of the molecule is C=CCN(Cc1coc(-c2cccc(OC)c2)n1)c1ccccc1. The smallest absolute Gasteiger partial charge is 0.226 e. The normalized spacial score (nSPS) is 10.4. The van der Waals surface area contributed by atoms with Crippen LogP contribution in [-0.2, 0) is 6.54 Å². The fourth-order valence-corrected chi connectivity index (χ4v) is 2.52. The van der Waals surface area contributed by atoms with Crippen LogP contribution in [-0.4, -0.2) is 18.6 Å². The van der Waals surface area contributed by atoms with Gasteiger partial charge in [0.05, 0.1) is 19.3 Å². The highest BCUT2D eigenvalue weighted by atomic mass is 16.5. The molecule has 0 aliphatic heterocycles. The molecule has 0 atom stereocenters. The van der Waals surface area contributed by atoms with E-state index in [2.05, 4.69) is 28.6 Å². The maximum Gasteiger partial charge on any atom is 0.226 e.